The fraction of sp³-hybridized carbons (Fsp3) is 0.333. The van der Waals surface area contributed by atoms with Crippen molar-refractivity contribution in [1.82, 2.24) is 9.80 Å². The molecule has 126 valence electrons. The molecule has 0 saturated carbocycles. The monoisotopic (exact) mass is 362 g/mol. The standard InChI is InChI=1S/C18H19ClN2O2S/c1-20(2)17(22)14-4-3-11-21(14)18(23)16-10-9-15(24-16)12-5-7-13(19)8-6-12/h5-10,14H,3-4,11H2,1-2H3. The zero-order valence-corrected chi connectivity index (χ0v) is 15.2. The fourth-order valence-corrected chi connectivity index (χ4v) is 4.02. The minimum Gasteiger partial charge on any atom is -0.347 e. The zero-order chi connectivity index (χ0) is 17.3. The number of hydrogen-bond donors (Lipinski definition) is 0. The maximum absolute atomic E-state index is 12.8. The van der Waals surface area contributed by atoms with Gasteiger partial charge in [0, 0.05) is 30.5 Å². The number of hydrogen-bond acceptors (Lipinski definition) is 3. The summed E-state index contributed by atoms with van der Waals surface area (Å²) in [5, 5.41) is 0.689. The van der Waals surface area contributed by atoms with E-state index in [1.54, 1.807) is 23.9 Å². The van der Waals surface area contributed by atoms with Crippen molar-refractivity contribution >= 4 is 34.8 Å². The van der Waals surface area contributed by atoms with Crippen LogP contribution in [-0.2, 0) is 4.79 Å². The Morgan fingerprint density at radius 1 is 1.17 bits per heavy atom. The lowest BCUT2D eigenvalue weighted by molar-refractivity contribution is -0.132. The van der Waals surface area contributed by atoms with Crippen LogP contribution in [0.3, 0.4) is 0 Å². The predicted octanol–water partition coefficient (Wildman–Crippen LogP) is 3.76. The third-order valence-electron chi connectivity index (χ3n) is 4.19. The molecule has 0 N–H and O–H groups in total. The third kappa shape index (κ3) is 3.32. The SMILES string of the molecule is CN(C)C(=O)C1CCCN1C(=O)c1ccc(-c2ccc(Cl)cc2)s1. The maximum atomic E-state index is 12.8. The Balaban J connectivity index is 1.80. The van der Waals surface area contributed by atoms with Gasteiger partial charge in [-0.2, -0.15) is 0 Å². The Morgan fingerprint density at radius 3 is 2.54 bits per heavy atom. The molecule has 4 nitrogen and oxygen atoms in total. The number of carbonyl (C=O) groups is 2. The van der Waals surface area contributed by atoms with Crippen LogP contribution in [-0.4, -0.2) is 48.3 Å². The Morgan fingerprint density at radius 2 is 1.88 bits per heavy atom. The average molecular weight is 363 g/mol. The van der Waals surface area contributed by atoms with Gasteiger partial charge in [-0.25, -0.2) is 0 Å². The third-order valence-corrected chi connectivity index (χ3v) is 5.56. The highest BCUT2D eigenvalue weighted by molar-refractivity contribution is 7.17. The maximum Gasteiger partial charge on any atom is 0.264 e. The zero-order valence-electron chi connectivity index (χ0n) is 13.7. The molecule has 24 heavy (non-hydrogen) atoms. The van der Waals surface area contributed by atoms with Crippen molar-refractivity contribution < 1.29 is 9.59 Å². The molecule has 0 bridgehead atoms. The molecule has 1 unspecified atom stereocenters. The second kappa shape index (κ2) is 6.95. The molecule has 3 rings (SSSR count). The summed E-state index contributed by atoms with van der Waals surface area (Å²) in [6.45, 7) is 0.636. The average Bonchev–Trinajstić information content (AvgIpc) is 3.23. The molecule has 0 aliphatic carbocycles. The van der Waals surface area contributed by atoms with E-state index in [9.17, 15) is 9.59 Å². The van der Waals surface area contributed by atoms with Crippen molar-refractivity contribution in [3.8, 4) is 10.4 Å². The van der Waals surface area contributed by atoms with Gasteiger partial charge in [0.05, 0.1) is 4.88 Å². The first-order chi connectivity index (χ1) is 11.5. The van der Waals surface area contributed by atoms with E-state index in [0.29, 0.717) is 16.4 Å². The first-order valence-electron chi connectivity index (χ1n) is 7.85. The first-order valence-corrected chi connectivity index (χ1v) is 9.04. The second-order valence-electron chi connectivity index (χ2n) is 6.06. The van der Waals surface area contributed by atoms with E-state index in [0.717, 1.165) is 23.3 Å². The summed E-state index contributed by atoms with van der Waals surface area (Å²) in [5.41, 5.74) is 1.03. The van der Waals surface area contributed by atoms with Gasteiger partial charge in [-0.05, 0) is 42.7 Å². The molecule has 2 amide bonds. The summed E-state index contributed by atoms with van der Waals surface area (Å²) in [4.78, 5) is 30.1. The van der Waals surface area contributed by atoms with Crippen LogP contribution in [0.1, 0.15) is 22.5 Å². The molecule has 1 saturated heterocycles. The number of likely N-dealkylation sites (tertiary alicyclic amines) is 1. The molecule has 2 aromatic rings. The second-order valence-corrected chi connectivity index (χ2v) is 7.58. The number of amides is 2. The Bertz CT molecular complexity index is 755. The van der Waals surface area contributed by atoms with Gasteiger partial charge in [0.1, 0.15) is 6.04 Å². The number of carbonyl (C=O) groups excluding carboxylic acids is 2. The van der Waals surface area contributed by atoms with Crippen molar-refractivity contribution in [2.24, 2.45) is 0 Å². The minimum atomic E-state index is -0.339. The summed E-state index contributed by atoms with van der Waals surface area (Å²) in [5.74, 6) is -0.0618. The van der Waals surface area contributed by atoms with Gasteiger partial charge in [-0.3, -0.25) is 9.59 Å². The molecule has 1 aromatic heterocycles. The topological polar surface area (TPSA) is 40.6 Å². The van der Waals surface area contributed by atoms with Crippen LogP contribution in [0.5, 0.6) is 0 Å². The summed E-state index contributed by atoms with van der Waals surface area (Å²) in [6.07, 6.45) is 1.60. The van der Waals surface area contributed by atoms with Gasteiger partial charge < -0.3 is 9.80 Å². The number of rotatable bonds is 3. The highest BCUT2D eigenvalue weighted by Crippen LogP contribution is 2.31. The molecule has 1 atom stereocenters. The van der Waals surface area contributed by atoms with E-state index in [1.807, 2.05) is 36.4 Å². The molecule has 0 spiro atoms. The van der Waals surface area contributed by atoms with E-state index in [4.69, 9.17) is 11.6 Å². The highest BCUT2D eigenvalue weighted by Gasteiger charge is 2.35. The van der Waals surface area contributed by atoms with E-state index >= 15 is 0 Å². The van der Waals surface area contributed by atoms with E-state index in [2.05, 4.69) is 0 Å². The van der Waals surface area contributed by atoms with Gasteiger partial charge in [-0.15, -0.1) is 11.3 Å². The minimum absolute atomic E-state index is 0.00432. The largest absolute Gasteiger partial charge is 0.347 e. The lowest BCUT2D eigenvalue weighted by atomic mass is 10.2. The summed E-state index contributed by atoms with van der Waals surface area (Å²) >= 11 is 7.37. The summed E-state index contributed by atoms with van der Waals surface area (Å²) in [7, 11) is 3.46. The van der Waals surface area contributed by atoms with Crippen LogP contribution < -0.4 is 0 Å². The lowest BCUT2D eigenvalue weighted by Gasteiger charge is -2.25. The van der Waals surface area contributed by atoms with Crippen LogP contribution in [0.2, 0.25) is 5.02 Å². The molecule has 6 heteroatoms. The molecule has 1 fully saturated rings. The van der Waals surface area contributed by atoms with Crippen LogP contribution in [0.25, 0.3) is 10.4 Å². The Hall–Kier alpha value is -1.85. The van der Waals surface area contributed by atoms with E-state index in [-0.39, 0.29) is 17.9 Å². The quantitative estimate of drug-likeness (QED) is 0.834. The molecule has 2 heterocycles. The Labute approximate surface area is 150 Å². The van der Waals surface area contributed by atoms with Crippen molar-refractivity contribution in [2.75, 3.05) is 20.6 Å². The molecular formula is C18H19ClN2O2S. The van der Waals surface area contributed by atoms with Crippen molar-refractivity contribution in [2.45, 2.75) is 18.9 Å². The van der Waals surface area contributed by atoms with Gasteiger partial charge in [0.25, 0.3) is 5.91 Å². The number of thiophene rings is 1. The number of likely N-dealkylation sites (N-methyl/N-ethyl adjacent to an activating group) is 1. The summed E-state index contributed by atoms with van der Waals surface area (Å²) in [6, 6.07) is 11.0. The van der Waals surface area contributed by atoms with E-state index < -0.39 is 0 Å². The van der Waals surface area contributed by atoms with Crippen LogP contribution in [0, 0.1) is 0 Å². The molecule has 1 aliphatic rings. The van der Waals surface area contributed by atoms with Crippen LogP contribution in [0.15, 0.2) is 36.4 Å². The molecule has 1 aromatic carbocycles. The number of nitrogens with zero attached hydrogens (tertiary/aromatic N) is 2. The molecular weight excluding hydrogens is 344 g/mol. The van der Waals surface area contributed by atoms with Crippen molar-refractivity contribution in [3.05, 3.63) is 46.3 Å². The highest BCUT2D eigenvalue weighted by atomic mass is 35.5. The number of benzene rings is 1. The molecule has 0 radical (unpaired) electrons. The van der Waals surface area contributed by atoms with Crippen LogP contribution >= 0.6 is 22.9 Å². The van der Waals surface area contributed by atoms with Gasteiger partial charge in [0.15, 0.2) is 0 Å². The van der Waals surface area contributed by atoms with Crippen LogP contribution in [0.4, 0.5) is 0 Å². The Kier molecular flexibility index (Phi) is 4.92. The first kappa shape index (κ1) is 17.0. The lowest BCUT2D eigenvalue weighted by Crippen LogP contribution is -2.45. The van der Waals surface area contributed by atoms with Gasteiger partial charge in [-0.1, -0.05) is 23.7 Å². The van der Waals surface area contributed by atoms with E-state index in [1.165, 1.54) is 11.3 Å². The van der Waals surface area contributed by atoms with Gasteiger partial charge >= 0.3 is 0 Å². The smallest absolute Gasteiger partial charge is 0.264 e. The molecule has 1 aliphatic heterocycles. The van der Waals surface area contributed by atoms with Crippen molar-refractivity contribution in [1.29, 1.82) is 0 Å². The normalized spacial score (nSPS) is 17.1. The predicted molar refractivity (Wildman–Crippen MR) is 97.5 cm³/mol. The number of halogens is 1. The fourth-order valence-electron chi connectivity index (χ4n) is 2.93. The summed E-state index contributed by atoms with van der Waals surface area (Å²) < 4.78 is 0. The van der Waals surface area contributed by atoms with Gasteiger partial charge in [0.2, 0.25) is 5.91 Å². The van der Waals surface area contributed by atoms with Crippen molar-refractivity contribution in [3.63, 3.8) is 0 Å².